The number of pyridine rings is 1. The summed E-state index contributed by atoms with van der Waals surface area (Å²) in [5.74, 6) is 0.199. The van der Waals surface area contributed by atoms with E-state index in [1.807, 2.05) is 29.7 Å². The number of imidazole rings is 1. The molecule has 0 bridgehead atoms. The Morgan fingerprint density at radius 1 is 1.26 bits per heavy atom. The Labute approximate surface area is 178 Å². The second-order valence-corrected chi connectivity index (χ2v) is 7.63. The van der Waals surface area contributed by atoms with Crippen LogP contribution in [0.4, 0.5) is 5.82 Å². The minimum Gasteiger partial charge on any atom is -0.443 e. The van der Waals surface area contributed by atoms with Crippen molar-refractivity contribution in [3.05, 3.63) is 48.4 Å². The third-order valence-electron chi connectivity index (χ3n) is 5.50. The first-order chi connectivity index (χ1) is 15.1. The van der Waals surface area contributed by atoms with Crippen LogP contribution in [0.1, 0.15) is 41.9 Å². The second-order valence-electron chi connectivity index (χ2n) is 7.63. The number of ether oxygens (including phenoxy) is 1. The molecule has 4 aromatic heterocycles. The van der Waals surface area contributed by atoms with E-state index in [4.69, 9.17) is 14.9 Å². The van der Waals surface area contributed by atoms with Gasteiger partial charge in [0.15, 0.2) is 17.3 Å². The first-order valence-electron chi connectivity index (χ1n) is 10.3. The fourth-order valence-electron chi connectivity index (χ4n) is 3.87. The summed E-state index contributed by atoms with van der Waals surface area (Å²) in [6.07, 6.45) is 9.78. The van der Waals surface area contributed by atoms with E-state index in [0.29, 0.717) is 24.2 Å². The van der Waals surface area contributed by atoms with Gasteiger partial charge >= 0.3 is 0 Å². The maximum atomic E-state index is 12.9. The second kappa shape index (κ2) is 7.92. The Morgan fingerprint density at radius 3 is 2.94 bits per heavy atom. The van der Waals surface area contributed by atoms with Crippen LogP contribution in [0.3, 0.4) is 0 Å². The Kier molecular flexibility index (Phi) is 4.95. The van der Waals surface area contributed by atoms with Crippen LogP contribution >= 0.6 is 0 Å². The van der Waals surface area contributed by atoms with E-state index >= 15 is 0 Å². The minimum absolute atomic E-state index is 0.0641. The number of ketones is 1. The smallest absolute Gasteiger partial charge is 0.247 e. The maximum absolute atomic E-state index is 12.9. The highest BCUT2D eigenvalue weighted by Crippen LogP contribution is 2.31. The lowest BCUT2D eigenvalue weighted by Crippen LogP contribution is -2.14. The third kappa shape index (κ3) is 3.68. The summed E-state index contributed by atoms with van der Waals surface area (Å²) < 4.78 is 13.0. The molecule has 9 nitrogen and oxygen atoms in total. The van der Waals surface area contributed by atoms with E-state index in [9.17, 15) is 4.79 Å². The number of carbonyl (C=O) groups excluding carboxylic acids is 1. The average molecular weight is 418 g/mol. The van der Waals surface area contributed by atoms with Crippen molar-refractivity contribution in [3.63, 3.8) is 0 Å². The van der Waals surface area contributed by atoms with E-state index in [1.165, 1.54) is 12.5 Å². The van der Waals surface area contributed by atoms with Crippen LogP contribution in [0, 0.1) is 6.92 Å². The zero-order valence-corrected chi connectivity index (χ0v) is 17.1. The monoisotopic (exact) mass is 418 g/mol. The normalized spacial score (nSPS) is 16.2. The van der Waals surface area contributed by atoms with Gasteiger partial charge in [0.2, 0.25) is 5.89 Å². The topological polar surface area (TPSA) is 121 Å². The molecule has 0 saturated carbocycles. The maximum Gasteiger partial charge on any atom is 0.247 e. The number of nitrogens with two attached hydrogens (primary N) is 1. The van der Waals surface area contributed by atoms with Crippen molar-refractivity contribution >= 4 is 17.2 Å². The number of nitrogens with zero attached hydrogens (tertiary/aromatic N) is 5. The first kappa shape index (κ1) is 19.4. The molecule has 4 aromatic rings. The number of rotatable bonds is 6. The van der Waals surface area contributed by atoms with Gasteiger partial charge in [-0.1, -0.05) is 0 Å². The molecule has 2 N–H and O–H groups in total. The van der Waals surface area contributed by atoms with Gasteiger partial charge in [-0.2, -0.15) is 0 Å². The molecule has 5 rings (SSSR count). The summed E-state index contributed by atoms with van der Waals surface area (Å²) in [5, 5.41) is 0. The van der Waals surface area contributed by atoms with Gasteiger partial charge in [-0.05, 0) is 38.3 Å². The van der Waals surface area contributed by atoms with Gasteiger partial charge in [0.25, 0.3) is 0 Å². The van der Waals surface area contributed by atoms with Crippen LogP contribution in [-0.4, -0.2) is 42.8 Å². The van der Waals surface area contributed by atoms with Gasteiger partial charge in [0.1, 0.15) is 23.3 Å². The molecule has 31 heavy (non-hydrogen) atoms. The number of oxazole rings is 1. The van der Waals surface area contributed by atoms with E-state index < -0.39 is 0 Å². The largest absolute Gasteiger partial charge is 0.443 e. The van der Waals surface area contributed by atoms with Crippen molar-refractivity contribution in [1.82, 2.24) is 24.3 Å². The zero-order chi connectivity index (χ0) is 21.4. The number of aryl methyl sites for hydroxylation is 1. The third-order valence-corrected chi connectivity index (χ3v) is 5.50. The van der Waals surface area contributed by atoms with Gasteiger partial charge in [-0.15, -0.1) is 0 Å². The Bertz CT molecular complexity index is 1240. The van der Waals surface area contributed by atoms with Crippen molar-refractivity contribution in [2.45, 2.75) is 38.7 Å². The molecule has 9 heteroatoms. The molecule has 1 atom stereocenters. The van der Waals surface area contributed by atoms with Crippen LogP contribution < -0.4 is 5.73 Å². The fourth-order valence-corrected chi connectivity index (χ4v) is 3.87. The van der Waals surface area contributed by atoms with Crippen LogP contribution in [0.25, 0.3) is 28.5 Å². The Hall–Kier alpha value is -3.59. The lowest BCUT2D eigenvalue weighted by atomic mass is 10.1. The average Bonchev–Trinajstić information content (AvgIpc) is 3.55. The first-order valence-corrected chi connectivity index (χ1v) is 10.3. The van der Waals surface area contributed by atoms with Crippen molar-refractivity contribution in [2.75, 3.05) is 12.3 Å². The van der Waals surface area contributed by atoms with Crippen LogP contribution in [-0.2, 0) is 4.74 Å². The fraction of sp³-hybridized carbons (Fsp3) is 0.318. The van der Waals surface area contributed by atoms with E-state index in [0.717, 1.165) is 36.4 Å². The SMILES string of the molecule is Cc1cnc2ccc(-c3nc(C(=O)CCC4CCCO4)c(N)nc3-c3ncco3)cn12. The molecule has 0 amide bonds. The van der Waals surface area contributed by atoms with Gasteiger partial charge in [-0.3, -0.25) is 4.79 Å². The Balaban J connectivity index is 1.57. The number of anilines is 1. The number of hydrogen-bond donors (Lipinski definition) is 1. The van der Waals surface area contributed by atoms with Crippen molar-refractivity contribution in [1.29, 1.82) is 0 Å². The summed E-state index contributed by atoms with van der Waals surface area (Å²) in [6.45, 7) is 2.72. The summed E-state index contributed by atoms with van der Waals surface area (Å²) in [6, 6.07) is 3.77. The Morgan fingerprint density at radius 2 is 2.16 bits per heavy atom. The summed E-state index contributed by atoms with van der Waals surface area (Å²) >= 11 is 0. The molecule has 0 spiro atoms. The van der Waals surface area contributed by atoms with E-state index in [-0.39, 0.29) is 29.3 Å². The summed E-state index contributed by atoms with van der Waals surface area (Å²) in [4.78, 5) is 30.6. The van der Waals surface area contributed by atoms with Crippen molar-refractivity contribution in [2.24, 2.45) is 0 Å². The molecule has 0 aliphatic carbocycles. The molecule has 1 saturated heterocycles. The molecule has 1 unspecified atom stereocenters. The quantitative estimate of drug-likeness (QED) is 0.472. The molecule has 158 valence electrons. The van der Waals surface area contributed by atoms with E-state index in [1.54, 1.807) is 6.20 Å². The number of fused-ring (bicyclic) bond motifs is 1. The minimum atomic E-state index is -0.152. The van der Waals surface area contributed by atoms with Crippen LogP contribution in [0.2, 0.25) is 0 Å². The number of nitrogen functional groups attached to an aromatic ring is 1. The summed E-state index contributed by atoms with van der Waals surface area (Å²) in [5.41, 5.74) is 9.71. The number of hydrogen-bond acceptors (Lipinski definition) is 8. The highest BCUT2D eigenvalue weighted by Gasteiger charge is 2.24. The van der Waals surface area contributed by atoms with Crippen molar-refractivity contribution in [3.8, 4) is 22.8 Å². The molecular weight excluding hydrogens is 396 g/mol. The standard InChI is InChI=1S/C22H22N6O3/c1-13-11-25-17-7-4-14(12-28(13)17)18-20(22-24-8-10-31-22)27-21(23)19(26-18)16(29)6-5-15-3-2-9-30-15/h4,7-8,10-12,15H,2-3,5-6,9H2,1H3,(H2,23,27). The molecule has 5 heterocycles. The molecule has 1 fully saturated rings. The predicted octanol–water partition coefficient (Wildman–Crippen LogP) is 3.48. The number of aromatic nitrogens is 5. The van der Waals surface area contributed by atoms with Gasteiger partial charge < -0.3 is 19.3 Å². The van der Waals surface area contributed by atoms with Gasteiger partial charge in [0.05, 0.1) is 12.3 Å². The molecule has 0 aromatic carbocycles. The number of carbonyl (C=O) groups is 1. The molecular formula is C22H22N6O3. The van der Waals surface area contributed by atoms with Crippen LogP contribution in [0.5, 0.6) is 0 Å². The van der Waals surface area contributed by atoms with Gasteiger partial charge in [0, 0.05) is 36.7 Å². The number of Topliss-reactive ketones (excluding diaryl/α,β-unsaturated/α-hetero) is 1. The van der Waals surface area contributed by atoms with Crippen LogP contribution in [0.15, 0.2) is 41.4 Å². The molecule has 1 aliphatic heterocycles. The predicted molar refractivity (Wildman–Crippen MR) is 113 cm³/mol. The van der Waals surface area contributed by atoms with E-state index in [2.05, 4.69) is 19.9 Å². The highest BCUT2D eigenvalue weighted by atomic mass is 16.5. The van der Waals surface area contributed by atoms with Gasteiger partial charge in [-0.25, -0.2) is 19.9 Å². The summed E-state index contributed by atoms with van der Waals surface area (Å²) in [7, 11) is 0. The zero-order valence-electron chi connectivity index (χ0n) is 17.1. The molecule has 0 radical (unpaired) electrons. The highest BCUT2D eigenvalue weighted by molar-refractivity contribution is 5.99. The lowest BCUT2D eigenvalue weighted by Gasteiger charge is -2.12. The molecule has 1 aliphatic rings. The lowest BCUT2D eigenvalue weighted by molar-refractivity contribution is 0.0856. The van der Waals surface area contributed by atoms with Crippen molar-refractivity contribution < 1.29 is 13.9 Å².